The third-order valence-electron chi connectivity index (χ3n) is 4.64. The molecule has 5 nitrogen and oxygen atoms in total. The molecule has 2 aliphatic rings. The van der Waals surface area contributed by atoms with Crippen molar-refractivity contribution in [2.75, 3.05) is 32.8 Å². The zero-order valence-corrected chi connectivity index (χ0v) is 13.2. The summed E-state index contributed by atoms with van der Waals surface area (Å²) in [6, 6.07) is 0. The first-order chi connectivity index (χ1) is 10.3. The summed E-state index contributed by atoms with van der Waals surface area (Å²) in [6.07, 6.45) is 9.98. The van der Waals surface area contributed by atoms with Crippen molar-refractivity contribution in [3.05, 3.63) is 0 Å². The van der Waals surface area contributed by atoms with E-state index in [2.05, 4.69) is 22.1 Å². The number of ether oxygens (including phenoxy) is 1. The van der Waals surface area contributed by atoms with Crippen molar-refractivity contribution in [3.63, 3.8) is 0 Å². The van der Waals surface area contributed by atoms with Crippen LogP contribution in [-0.2, 0) is 4.74 Å². The van der Waals surface area contributed by atoms with Crippen LogP contribution < -0.4 is 5.32 Å². The van der Waals surface area contributed by atoms with Crippen molar-refractivity contribution in [1.82, 2.24) is 10.2 Å². The summed E-state index contributed by atoms with van der Waals surface area (Å²) in [5.74, 6) is 2.36. The van der Waals surface area contributed by atoms with E-state index in [1.165, 1.54) is 38.5 Å². The normalized spacial score (nSPS) is 27.2. The molecule has 0 spiro atoms. The Hall–Kier alpha value is -1.28. The van der Waals surface area contributed by atoms with Crippen molar-refractivity contribution in [3.8, 4) is 6.19 Å². The van der Waals surface area contributed by atoms with E-state index in [0.29, 0.717) is 19.1 Å². The molecule has 0 aromatic heterocycles. The monoisotopic (exact) mass is 292 g/mol. The number of nitrogens with zero attached hydrogens (tertiary/aromatic N) is 3. The molecule has 21 heavy (non-hydrogen) atoms. The lowest BCUT2D eigenvalue weighted by molar-refractivity contribution is 0.0667. The highest BCUT2D eigenvalue weighted by molar-refractivity contribution is 5.81. The molecule has 118 valence electrons. The van der Waals surface area contributed by atoms with E-state index in [-0.39, 0.29) is 0 Å². The molecule has 2 rings (SSSR count). The van der Waals surface area contributed by atoms with Crippen molar-refractivity contribution in [1.29, 1.82) is 5.26 Å². The van der Waals surface area contributed by atoms with Gasteiger partial charge in [0, 0.05) is 19.6 Å². The molecule has 1 N–H and O–H groups in total. The molecule has 0 radical (unpaired) electrons. The van der Waals surface area contributed by atoms with Crippen LogP contribution in [0.2, 0.25) is 0 Å². The summed E-state index contributed by atoms with van der Waals surface area (Å²) >= 11 is 0. The van der Waals surface area contributed by atoms with Crippen LogP contribution in [0, 0.1) is 23.3 Å². The number of rotatable bonds is 4. The van der Waals surface area contributed by atoms with Gasteiger partial charge < -0.3 is 9.64 Å². The second-order valence-corrected chi connectivity index (χ2v) is 6.18. The zero-order chi connectivity index (χ0) is 14.9. The van der Waals surface area contributed by atoms with Gasteiger partial charge >= 0.3 is 0 Å². The van der Waals surface area contributed by atoms with Crippen LogP contribution >= 0.6 is 0 Å². The molecule has 1 saturated heterocycles. The Morgan fingerprint density at radius 1 is 1.24 bits per heavy atom. The number of hydrogen-bond acceptors (Lipinski definition) is 3. The molecule has 0 unspecified atom stereocenters. The number of nitrogens with one attached hydrogen (secondary N) is 1. The van der Waals surface area contributed by atoms with Gasteiger partial charge in [-0.15, -0.1) is 0 Å². The van der Waals surface area contributed by atoms with Gasteiger partial charge in [-0.05, 0) is 24.7 Å². The highest BCUT2D eigenvalue weighted by atomic mass is 16.5. The van der Waals surface area contributed by atoms with Gasteiger partial charge in [-0.3, -0.25) is 10.3 Å². The lowest BCUT2D eigenvalue weighted by Crippen LogP contribution is -2.46. The van der Waals surface area contributed by atoms with Gasteiger partial charge in [-0.2, -0.15) is 5.26 Å². The van der Waals surface area contributed by atoms with Crippen LogP contribution in [0.5, 0.6) is 0 Å². The lowest BCUT2D eigenvalue weighted by Gasteiger charge is -2.30. The number of nitriles is 1. The van der Waals surface area contributed by atoms with Gasteiger partial charge in [-0.1, -0.05) is 32.6 Å². The van der Waals surface area contributed by atoms with E-state index < -0.39 is 0 Å². The van der Waals surface area contributed by atoms with Crippen LogP contribution in [0.4, 0.5) is 0 Å². The average molecular weight is 292 g/mol. The van der Waals surface area contributed by atoms with Gasteiger partial charge in [0.2, 0.25) is 5.96 Å². The van der Waals surface area contributed by atoms with Crippen molar-refractivity contribution in [2.45, 2.75) is 45.4 Å². The maximum absolute atomic E-state index is 8.90. The minimum Gasteiger partial charge on any atom is -0.378 e. The molecular formula is C16H28N4O. The number of guanidine groups is 1. The largest absolute Gasteiger partial charge is 0.378 e. The van der Waals surface area contributed by atoms with Gasteiger partial charge in [-0.25, -0.2) is 0 Å². The lowest BCUT2D eigenvalue weighted by atomic mass is 9.80. The molecular weight excluding hydrogens is 264 g/mol. The Bertz CT molecular complexity index is 363. The van der Waals surface area contributed by atoms with Crippen molar-refractivity contribution < 1.29 is 4.74 Å². The Labute approximate surface area is 128 Å². The second kappa shape index (κ2) is 8.89. The smallest absolute Gasteiger partial charge is 0.207 e. The molecule has 1 aliphatic carbocycles. The zero-order valence-electron chi connectivity index (χ0n) is 13.2. The minimum absolute atomic E-state index is 0.689. The molecule has 5 heteroatoms. The quantitative estimate of drug-likeness (QED) is 0.374. The third kappa shape index (κ3) is 5.20. The Kier molecular flexibility index (Phi) is 6.81. The summed E-state index contributed by atoms with van der Waals surface area (Å²) in [6.45, 7) is 6.19. The Morgan fingerprint density at radius 3 is 2.52 bits per heavy atom. The summed E-state index contributed by atoms with van der Waals surface area (Å²) in [4.78, 5) is 6.81. The fraction of sp³-hybridized carbons (Fsp3) is 0.875. The van der Waals surface area contributed by atoms with Crippen LogP contribution in [0.25, 0.3) is 0 Å². The maximum Gasteiger partial charge on any atom is 0.207 e. The van der Waals surface area contributed by atoms with Crippen LogP contribution in [0.3, 0.4) is 0 Å². The first kappa shape index (κ1) is 16.1. The van der Waals surface area contributed by atoms with Gasteiger partial charge in [0.05, 0.1) is 13.2 Å². The van der Waals surface area contributed by atoms with Crippen molar-refractivity contribution >= 4 is 5.96 Å². The van der Waals surface area contributed by atoms with Gasteiger partial charge in [0.25, 0.3) is 0 Å². The van der Waals surface area contributed by atoms with E-state index >= 15 is 0 Å². The molecule has 0 atom stereocenters. The predicted octanol–water partition coefficient (Wildman–Crippen LogP) is 2.35. The van der Waals surface area contributed by atoms with Crippen molar-refractivity contribution in [2.24, 2.45) is 16.8 Å². The molecule has 1 heterocycles. The summed E-state index contributed by atoms with van der Waals surface area (Å²) in [7, 11) is 0. The second-order valence-electron chi connectivity index (χ2n) is 6.18. The number of aliphatic imine (C=N–C) groups is 1. The molecule has 1 aliphatic heterocycles. The molecule has 2 fully saturated rings. The van der Waals surface area contributed by atoms with Crippen LogP contribution in [-0.4, -0.2) is 43.7 Å². The standard InChI is InChI=1S/C16H28N4O/c1-2-3-14-4-6-15(7-5-14)12-18-16(19-13-17)20-8-10-21-11-9-20/h14-15H,2-12H2,1H3,(H,18,19). The molecule has 1 saturated carbocycles. The van der Waals surface area contributed by atoms with E-state index in [9.17, 15) is 0 Å². The fourth-order valence-corrected chi connectivity index (χ4v) is 3.37. The van der Waals surface area contributed by atoms with Gasteiger partial charge in [0.1, 0.15) is 0 Å². The summed E-state index contributed by atoms with van der Waals surface area (Å²) < 4.78 is 5.35. The average Bonchev–Trinajstić information content (AvgIpc) is 2.54. The molecule has 0 bridgehead atoms. The predicted molar refractivity (Wildman–Crippen MR) is 83.8 cm³/mol. The first-order valence-corrected chi connectivity index (χ1v) is 8.35. The molecule has 0 aromatic carbocycles. The van der Waals surface area contributed by atoms with Crippen LogP contribution in [0.1, 0.15) is 45.4 Å². The molecule has 0 aromatic rings. The van der Waals surface area contributed by atoms with Crippen LogP contribution in [0.15, 0.2) is 4.99 Å². The topological polar surface area (TPSA) is 60.7 Å². The number of hydrogen-bond donors (Lipinski definition) is 1. The fourth-order valence-electron chi connectivity index (χ4n) is 3.37. The Morgan fingerprint density at radius 2 is 1.90 bits per heavy atom. The molecule has 0 amide bonds. The summed E-state index contributed by atoms with van der Waals surface area (Å²) in [5, 5.41) is 11.6. The van der Waals surface area contributed by atoms with Gasteiger partial charge in [0.15, 0.2) is 6.19 Å². The minimum atomic E-state index is 0.689. The van der Waals surface area contributed by atoms with E-state index in [0.717, 1.165) is 31.5 Å². The van der Waals surface area contributed by atoms with E-state index in [1.54, 1.807) is 0 Å². The third-order valence-corrected chi connectivity index (χ3v) is 4.64. The highest BCUT2D eigenvalue weighted by Crippen LogP contribution is 2.31. The van der Waals surface area contributed by atoms with E-state index in [1.807, 2.05) is 6.19 Å². The highest BCUT2D eigenvalue weighted by Gasteiger charge is 2.21. The maximum atomic E-state index is 8.90. The first-order valence-electron chi connectivity index (χ1n) is 8.35. The van der Waals surface area contributed by atoms with E-state index in [4.69, 9.17) is 10.00 Å². The summed E-state index contributed by atoms with van der Waals surface area (Å²) in [5.41, 5.74) is 0. The number of morpholine rings is 1. The Balaban J connectivity index is 1.81. The SMILES string of the molecule is CCCC1CCC(CN=C(NC#N)N2CCOCC2)CC1.